The molecule has 0 atom stereocenters. The van der Waals surface area contributed by atoms with E-state index in [9.17, 15) is 26.4 Å². The van der Waals surface area contributed by atoms with Crippen LogP contribution in [0, 0.1) is 5.82 Å². The lowest BCUT2D eigenvalue weighted by Gasteiger charge is -2.32. The number of aryl methyl sites for hydroxylation is 1. The van der Waals surface area contributed by atoms with Crippen molar-refractivity contribution in [1.29, 1.82) is 0 Å². The lowest BCUT2D eigenvalue weighted by Crippen LogP contribution is -2.40. The first kappa shape index (κ1) is 35.9. The van der Waals surface area contributed by atoms with Gasteiger partial charge in [0, 0.05) is 55.5 Å². The van der Waals surface area contributed by atoms with Crippen molar-refractivity contribution in [3.05, 3.63) is 59.5 Å². The van der Waals surface area contributed by atoms with Gasteiger partial charge >= 0.3 is 12.1 Å². The van der Waals surface area contributed by atoms with Crippen molar-refractivity contribution >= 4 is 38.8 Å². The summed E-state index contributed by atoms with van der Waals surface area (Å²) in [6, 6.07) is 9.94. The molecule has 11 nitrogen and oxygen atoms in total. The fraction of sp³-hybridized carbons (Fsp3) is 0.375. The number of ether oxygens (including phenoxy) is 3. The first-order chi connectivity index (χ1) is 23.2. The van der Waals surface area contributed by atoms with Gasteiger partial charge in [0.05, 0.1) is 34.1 Å². The number of halogens is 4. The molecule has 17 heteroatoms. The van der Waals surface area contributed by atoms with Crippen molar-refractivity contribution in [2.45, 2.75) is 38.5 Å². The number of rotatable bonds is 12. The van der Waals surface area contributed by atoms with Gasteiger partial charge in [-0.1, -0.05) is 6.92 Å². The van der Waals surface area contributed by atoms with Gasteiger partial charge in [-0.15, -0.1) is 11.3 Å². The SMILES string of the molecule is CCc1nc(-c2ccc(OC(=O)C(F)(F)F)cc2OC)c(-c2ccnc(Nc3ccc(OC4CCN(CCS(C)(=O)=O)CC4)c(F)c3)n2)s1. The monoisotopic (exact) mass is 723 g/mol. The minimum absolute atomic E-state index is 0.0960. The Morgan fingerprint density at radius 1 is 1.08 bits per heavy atom. The molecule has 0 unspecified atom stereocenters. The van der Waals surface area contributed by atoms with Crippen LogP contribution in [-0.2, 0) is 21.1 Å². The lowest BCUT2D eigenvalue weighted by molar-refractivity contribution is -0.189. The Hall–Kier alpha value is -4.35. The van der Waals surface area contributed by atoms with Gasteiger partial charge in [0.15, 0.2) is 11.6 Å². The summed E-state index contributed by atoms with van der Waals surface area (Å²) in [6.45, 7) is 3.70. The molecule has 0 bridgehead atoms. The van der Waals surface area contributed by atoms with E-state index < -0.39 is 27.8 Å². The van der Waals surface area contributed by atoms with Gasteiger partial charge in [0.1, 0.15) is 27.4 Å². The highest BCUT2D eigenvalue weighted by atomic mass is 32.2. The Bertz CT molecular complexity index is 1910. The van der Waals surface area contributed by atoms with E-state index >= 15 is 4.39 Å². The molecule has 0 amide bonds. The number of esters is 1. The Kier molecular flexibility index (Phi) is 11.0. The normalized spacial score (nSPS) is 14.4. The number of nitrogens with one attached hydrogen (secondary N) is 1. The van der Waals surface area contributed by atoms with E-state index in [4.69, 9.17) is 14.5 Å². The molecule has 1 saturated heterocycles. The van der Waals surface area contributed by atoms with Gasteiger partial charge in [-0.2, -0.15) is 13.2 Å². The molecule has 49 heavy (non-hydrogen) atoms. The second kappa shape index (κ2) is 15.0. The minimum Gasteiger partial charge on any atom is -0.496 e. The third-order valence-corrected chi connectivity index (χ3v) is 9.67. The number of nitrogens with zero attached hydrogens (tertiary/aromatic N) is 4. The molecule has 1 N–H and O–H groups in total. The quantitative estimate of drug-likeness (QED) is 0.104. The van der Waals surface area contributed by atoms with Gasteiger partial charge in [0.25, 0.3) is 0 Å². The maximum atomic E-state index is 15.1. The number of aromatic nitrogens is 3. The van der Waals surface area contributed by atoms with E-state index in [0.29, 0.717) is 66.4 Å². The molecule has 262 valence electrons. The van der Waals surface area contributed by atoms with Crippen LogP contribution in [-0.4, -0.2) is 85.3 Å². The van der Waals surface area contributed by atoms with Crippen molar-refractivity contribution < 1.29 is 45.0 Å². The van der Waals surface area contributed by atoms with Crippen LogP contribution in [0.25, 0.3) is 21.8 Å². The highest BCUT2D eigenvalue weighted by Crippen LogP contribution is 2.42. The van der Waals surface area contributed by atoms with Crippen molar-refractivity contribution in [2.75, 3.05) is 44.1 Å². The average molecular weight is 724 g/mol. The number of methoxy groups -OCH3 is 1. The number of alkyl halides is 3. The number of hydrogen-bond donors (Lipinski definition) is 1. The van der Waals surface area contributed by atoms with Gasteiger partial charge in [-0.05, 0) is 49.6 Å². The largest absolute Gasteiger partial charge is 0.496 e. The average Bonchev–Trinajstić information content (AvgIpc) is 3.49. The molecule has 4 aromatic rings. The fourth-order valence-electron chi connectivity index (χ4n) is 5.04. The molecule has 1 aliphatic rings. The highest BCUT2D eigenvalue weighted by Gasteiger charge is 2.41. The summed E-state index contributed by atoms with van der Waals surface area (Å²) in [7, 11) is -1.71. The van der Waals surface area contributed by atoms with Gasteiger partial charge in [-0.3, -0.25) is 0 Å². The molecule has 0 saturated carbocycles. The molecule has 0 radical (unpaired) electrons. The number of anilines is 2. The molecule has 1 fully saturated rings. The fourth-order valence-corrected chi connectivity index (χ4v) is 6.62. The van der Waals surface area contributed by atoms with Crippen LogP contribution in [0.3, 0.4) is 0 Å². The Labute approximate surface area is 284 Å². The van der Waals surface area contributed by atoms with Crippen molar-refractivity contribution in [3.8, 4) is 39.1 Å². The van der Waals surface area contributed by atoms with Crippen LogP contribution in [0.2, 0.25) is 0 Å². The van der Waals surface area contributed by atoms with Crippen LogP contribution in [0.1, 0.15) is 24.8 Å². The van der Waals surface area contributed by atoms with Gasteiger partial charge in [0.2, 0.25) is 5.95 Å². The number of carbonyl (C=O) groups is 1. The number of benzene rings is 2. The first-order valence-corrected chi connectivity index (χ1v) is 18.0. The summed E-state index contributed by atoms with van der Waals surface area (Å²) < 4.78 is 92.0. The molecule has 0 aliphatic carbocycles. The number of thiazole rings is 1. The van der Waals surface area contributed by atoms with Crippen molar-refractivity contribution in [3.63, 3.8) is 0 Å². The summed E-state index contributed by atoms with van der Waals surface area (Å²) in [4.78, 5) is 27.6. The second-order valence-electron chi connectivity index (χ2n) is 11.2. The van der Waals surface area contributed by atoms with E-state index in [1.165, 1.54) is 61.2 Å². The zero-order valence-electron chi connectivity index (χ0n) is 26.7. The maximum absolute atomic E-state index is 15.1. The topological polar surface area (TPSA) is 133 Å². The molecule has 2 aromatic carbocycles. The number of piperidine rings is 1. The maximum Gasteiger partial charge on any atom is 0.491 e. The molecule has 1 aliphatic heterocycles. The standard InChI is InChI=1S/C32H33F4N5O6S2/c1-4-27-40-28(22-7-6-21(18-26(22)45-2)47-30(42)32(34,35)36)29(48-27)24-9-12-37-31(39-24)38-19-5-8-25(23(33)17-19)46-20-10-13-41(14-11-20)15-16-49(3,43)44/h5-9,12,17-18,20H,4,10-11,13-16H2,1-3H3,(H,37,38,39). The third-order valence-electron chi connectivity index (χ3n) is 7.53. The molecule has 3 heterocycles. The van der Waals surface area contributed by atoms with E-state index in [-0.39, 0.29) is 35.1 Å². The van der Waals surface area contributed by atoms with Gasteiger partial charge in [-0.25, -0.2) is 32.6 Å². The molecule has 2 aromatic heterocycles. The predicted octanol–water partition coefficient (Wildman–Crippen LogP) is 6.08. The number of hydrogen-bond acceptors (Lipinski definition) is 12. The zero-order chi connectivity index (χ0) is 35.3. The van der Waals surface area contributed by atoms with Crippen LogP contribution in [0.5, 0.6) is 17.2 Å². The van der Waals surface area contributed by atoms with Crippen LogP contribution in [0.15, 0.2) is 48.7 Å². The summed E-state index contributed by atoms with van der Waals surface area (Å²) in [5, 5.41) is 3.76. The number of sulfone groups is 1. The lowest BCUT2D eigenvalue weighted by atomic mass is 10.1. The predicted molar refractivity (Wildman–Crippen MR) is 176 cm³/mol. The summed E-state index contributed by atoms with van der Waals surface area (Å²) in [6.07, 6.45) is -0.747. The molecular weight excluding hydrogens is 691 g/mol. The van der Waals surface area contributed by atoms with Crippen molar-refractivity contribution in [1.82, 2.24) is 19.9 Å². The second-order valence-corrected chi connectivity index (χ2v) is 14.6. The minimum atomic E-state index is -5.16. The molecule has 5 rings (SSSR count). The first-order valence-electron chi connectivity index (χ1n) is 15.2. The van der Waals surface area contributed by atoms with E-state index in [0.717, 1.165) is 5.01 Å². The van der Waals surface area contributed by atoms with Crippen LogP contribution >= 0.6 is 11.3 Å². The van der Waals surface area contributed by atoms with Crippen LogP contribution < -0.4 is 19.5 Å². The zero-order valence-corrected chi connectivity index (χ0v) is 28.3. The van der Waals surface area contributed by atoms with E-state index in [1.54, 1.807) is 12.1 Å². The van der Waals surface area contributed by atoms with Crippen molar-refractivity contribution in [2.24, 2.45) is 0 Å². The Balaban J connectivity index is 1.30. The Morgan fingerprint density at radius 3 is 2.49 bits per heavy atom. The van der Waals surface area contributed by atoms with E-state index in [2.05, 4.69) is 24.9 Å². The molecule has 0 spiro atoms. The number of carbonyl (C=O) groups excluding carboxylic acids is 1. The highest BCUT2D eigenvalue weighted by molar-refractivity contribution is 7.90. The third kappa shape index (κ3) is 9.42. The van der Waals surface area contributed by atoms with Crippen LogP contribution in [0.4, 0.5) is 29.2 Å². The van der Waals surface area contributed by atoms with E-state index in [1.807, 2.05) is 6.92 Å². The summed E-state index contributed by atoms with van der Waals surface area (Å²) in [5.41, 5.74) is 1.74. The smallest absolute Gasteiger partial charge is 0.491 e. The summed E-state index contributed by atoms with van der Waals surface area (Å²) >= 11 is 1.36. The van der Waals surface area contributed by atoms with Gasteiger partial charge < -0.3 is 24.4 Å². The summed E-state index contributed by atoms with van der Waals surface area (Å²) in [5.74, 6) is -2.78. The Morgan fingerprint density at radius 2 is 1.84 bits per heavy atom. The molecular formula is C32H33F4N5O6S2. The number of likely N-dealkylation sites (tertiary alicyclic amines) is 1.